The minimum Gasteiger partial charge on any atom is -0.495 e. The molecular formula is C21H19N7O4S. The predicted molar refractivity (Wildman–Crippen MR) is 121 cm³/mol. The molecular weight excluding hydrogens is 446 g/mol. The number of carbonyl (C=O) groups excluding carboxylic acids is 2. The summed E-state index contributed by atoms with van der Waals surface area (Å²) in [6.45, 7) is 1.80. The number of amides is 2. The van der Waals surface area contributed by atoms with Crippen molar-refractivity contribution in [2.75, 3.05) is 12.9 Å². The van der Waals surface area contributed by atoms with Gasteiger partial charge in [-0.25, -0.2) is 5.10 Å². The van der Waals surface area contributed by atoms with Crippen LogP contribution in [0.3, 0.4) is 0 Å². The number of hydrogen-bond acceptors (Lipinski definition) is 8. The molecule has 2 aromatic carbocycles. The van der Waals surface area contributed by atoms with Gasteiger partial charge in [0.05, 0.1) is 23.9 Å². The van der Waals surface area contributed by atoms with Crippen molar-refractivity contribution in [1.29, 1.82) is 0 Å². The van der Waals surface area contributed by atoms with E-state index in [0.29, 0.717) is 27.5 Å². The average Bonchev–Trinajstić information content (AvgIpc) is 3.21. The van der Waals surface area contributed by atoms with Crippen molar-refractivity contribution >= 4 is 34.3 Å². The third kappa shape index (κ3) is 4.55. The van der Waals surface area contributed by atoms with Crippen LogP contribution in [0.4, 0.5) is 0 Å². The fraction of sp³-hybridized carbons (Fsp3) is 0.143. The quantitative estimate of drug-likeness (QED) is 0.286. The molecule has 0 bridgehead atoms. The number of thioether (sulfide) groups is 1. The largest absolute Gasteiger partial charge is 0.495 e. The van der Waals surface area contributed by atoms with Gasteiger partial charge in [0, 0.05) is 5.39 Å². The lowest BCUT2D eigenvalue weighted by atomic mass is 10.1. The summed E-state index contributed by atoms with van der Waals surface area (Å²) in [5.41, 5.74) is 4.99. The van der Waals surface area contributed by atoms with Crippen LogP contribution in [-0.4, -0.2) is 49.6 Å². The lowest BCUT2D eigenvalue weighted by Gasteiger charge is -2.12. The molecule has 33 heavy (non-hydrogen) atoms. The van der Waals surface area contributed by atoms with Gasteiger partial charge in [-0.3, -0.25) is 29.8 Å². The molecule has 0 aliphatic rings. The zero-order valence-corrected chi connectivity index (χ0v) is 18.5. The van der Waals surface area contributed by atoms with Gasteiger partial charge in [-0.2, -0.15) is 5.10 Å². The summed E-state index contributed by atoms with van der Waals surface area (Å²) in [6, 6.07) is 14.0. The van der Waals surface area contributed by atoms with Gasteiger partial charge in [0.15, 0.2) is 10.9 Å². The van der Waals surface area contributed by atoms with Crippen molar-refractivity contribution < 1.29 is 14.3 Å². The summed E-state index contributed by atoms with van der Waals surface area (Å²) < 4.78 is 7.19. The molecule has 0 unspecified atom stereocenters. The smallest absolute Gasteiger partial charge is 0.290 e. The number of fused-ring (bicyclic) bond motifs is 1. The van der Waals surface area contributed by atoms with E-state index in [-0.39, 0.29) is 11.4 Å². The number of rotatable bonds is 6. The number of methoxy groups -OCH3 is 1. The monoisotopic (exact) mass is 465 g/mol. The molecule has 0 radical (unpaired) electrons. The molecule has 0 saturated heterocycles. The van der Waals surface area contributed by atoms with E-state index in [1.165, 1.54) is 0 Å². The maximum atomic E-state index is 12.5. The summed E-state index contributed by atoms with van der Waals surface area (Å²) in [5, 5.41) is 15.5. The number of nitrogens with one attached hydrogen (secondary N) is 3. The molecule has 2 heterocycles. The van der Waals surface area contributed by atoms with Crippen molar-refractivity contribution in [1.82, 2.24) is 35.8 Å². The van der Waals surface area contributed by atoms with Crippen LogP contribution in [0.15, 0.2) is 58.5 Å². The first kappa shape index (κ1) is 22.0. The van der Waals surface area contributed by atoms with Gasteiger partial charge in [0.2, 0.25) is 5.91 Å². The van der Waals surface area contributed by atoms with Crippen molar-refractivity contribution in [3.8, 4) is 11.4 Å². The topological polar surface area (TPSA) is 144 Å². The number of benzene rings is 2. The SMILES string of the molecule is COc1ccccc1-n1c(C)nnc1SCC(=O)NNC(=O)c1n[nH]c(=O)c2ccccc12. The Morgan fingerprint density at radius 2 is 1.79 bits per heavy atom. The molecule has 2 aromatic heterocycles. The number of hydrazine groups is 1. The fourth-order valence-electron chi connectivity index (χ4n) is 3.17. The van der Waals surface area contributed by atoms with Gasteiger partial charge in [0.1, 0.15) is 11.6 Å². The van der Waals surface area contributed by atoms with Crippen LogP contribution in [0.25, 0.3) is 16.5 Å². The highest BCUT2D eigenvalue weighted by molar-refractivity contribution is 7.99. The first-order valence-electron chi connectivity index (χ1n) is 9.74. The highest BCUT2D eigenvalue weighted by atomic mass is 32.2. The summed E-state index contributed by atoms with van der Waals surface area (Å²) in [5.74, 6) is 0.113. The predicted octanol–water partition coefficient (Wildman–Crippen LogP) is 1.37. The number of aromatic amines is 1. The van der Waals surface area contributed by atoms with E-state index < -0.39 is 17.4 Å². The molecule has 3 N–H and O–H groups in total. The zero-order valence-electron chi connectivity index (χ0n) is 17.7. The molecule has 168 valence electrons. The minimum atomic E-state index is -0.658. The second kappa shape index (κ2) is 9.53. The number of nitrogens with zero attached hydrogens (tertiary/aromatic N) is 4. The molecule has 4 rings (SSSR count). The van der Waals surface area contributed by atoms with Gasteiger partial charge in [-0.1, -0.05) is 42.1 Å². The second-order valence-electron chi connectivity index (χ2n) is 6.77. The third-order valence-corrected chi connectivity index (χ3v) is 5.61. The highest BCUT2D eigenvalue weighted by Gasteiger charge is 2.18. The number of hydrogen-bond donors (Lipinski definition) is 3. The van der Waals surface area contributed by atoms with E-state index in [4.69, 9.17) is 4.74 Å². The van der Waals surface area contributed by atoms with E-state index in [1.54, 1.807) is 42.9 Å². The lowest BCUT2D eigenvalue weighted by molar-refractivity contribution is -0.119. The Bertz CT molecular complexity index is 1400. The van der Waals surface area contributed by atoms with Crippen LogP contribution < -0.4 is 21.1 Å². The minimum absolute atomic E-state index is 0.00954. The normalized spacial score (nSPS) is 10.7. The summed E-state index contributed by atoms with van der Waals surface area (Å²) in [6.07, 6.45) is 0. The Balaban J connectivity index is 1.42. The molecule has 11 nitrogen and oxygen atoms in total. The van der Waals surface area contributed by atoms with Crippen molar-refractivity contribution in [3.05, 3.63) is 70.4 Å². The average molecular weight is 465 g/mol. The fourth-order valence-corrected chi connectivity index (χ4v) is 3.96. The maximum absolute atomic E-state index is 12.5. The van der Waals surface area contributed by atoms with E-state index in [0.717, 1.165) is 17.4 Å². The van der Waals surface area contributed by atoms with Gasteiger partial charge < -0.3 is 4.74 Å². The number of para-hydroxylation sites is 2. The van der Waals surface area contributed by atoms with Crippen LogP contribution in [-0.2, 0) is 4.79 Å². The molecule has 2 amide bonds. The van der Waals surface area contributed by atoms with Crippen LogP contribution in [0.1, 0.15) is 16.3 Å². The number of aryl methyl sites for hydroxylation is 1. The van der Waals surface area contributed by atoms with Crippen LogP contribution >= 0.6 is 11.8 Å². The molecule has 0 spiro atoms. The molecule has 0 aliphatic heterocycles. The molecule has 4 aromatic rings. The Morgan fingerprint density at radius 1 is 1.06 bits per heavy atom. The molecule has 0 fully saturated rings. The van der Waals surface area contributed by atoms with Gasteiger partial charge in [-0.05, 0) is 25.1 Å². The van der Waals surface area contributed by atoms with Crippen LogP contribution in [0.2, 0.25) is 0 Å². The Morgan fingerprint density at radius 3 is 2.58 bits per heavy atom. The Kier molecular flexibility index (Phi) is 6.36. The van der Waals surface area contributed by atoms with Crippen molar-refractivity contribution in [3.63, 3.8) is 0 Å². The maximum Gasteiger partial charge on any atom is 0.290 e. The summed E-state index contributed by atoms with van der Waals surface area (Å²) in [7, 11) is 1.57. The van der Waals surface area contributed by atoms with Crippen LogP contribution in [0.5, 0.6) is 5.75 Å². The standard InChI is InChI=1S/C21H19N7O4S/c1-12-22-27-21(28(12)15-9-5-6-10-16(15)32-2)33-11-17(29)23-26-20(31)18-13-7-3-4-8-14(13)19(30)25-24-18/h3-10H,11H2,1-2H3,(H,23,29)(H,25,30)(H,26,31). The van der Waals surface area contributed by atoms with Gasteiger partial charge in [0.25, 0.3) is 11.5 Å². The van der Waals surface area contributed by atoms with Crippen molar-refractivity contribution in [2.24, 2.45) is 0 Å². The number of H-pyrrole nitrogens is 1. The first-order valence-corrected chi connectivity index (χ1v) is 10.7. The van der Waals surface area contributed by atoms with Crippen molar-refractivity contribution in [2.45, 2.75) is 12.1 Å². The van der Waals surface area contributed by atoms with Gasteiger partial charge in [-0.15, -0.1) is 10.2 Å². The third-order valence-electron chi connectivity index (χ3n) is 4.68. The van der Waals surface area contributed by atoms with E-state index in [1.807, 2.05) is 24.3 Å². The second-order valence-corrected chi connectivity index (χ2v) is 7.72. The summed E-state index contributed by atoms with van der Waals surface area (Å²) >= 11 is 1.15. The zero-order chi connectivity index (χ0) is 23.4. The van der Waals surface area contributed by atoms with E-state index in [2.05, 4.69) is 31.2 Å². The molecule has 0 aliphatic carbocycles. The highest BCUT2D eigenvalue weighted by Crippen LogP contribution is 2.28. The van der Waals surface area contributed by atoms with E-state index in [9.17, 15) is 14.4 Å². The molecule has 0 atom stereocenters. The lowest BCUT2D eigenvalue weighted by Crippen LogP contribution is -2.43. The number of aromatic nitrogens is 5. The van der Waals surface area contributed by atoms with E-state index >= 15 is 0 Å². The first-order chi connectivity index (χ1) is 16.0. The number of ether oxygens (including phenoxy) is 1. The van der Waals surface area contributed by atoms with Crippen LogP contribution in [0, 0.1) is 6.92 Å². The number of carbonyl (C=O) groups is 2. The van der Waals surface area contributed by atoms with Gasteiger partial charge >= 0.3 is 0 Å². The molecule has 12 heteroatoms. The summed E-state index contributed by atoms with van der Waals surface area (Å²) in [4.78, 5) is 36.7. The molecule has 0 saturated carbocycles. The Hall–Kier alpha value is -4.19. The Labute approximate surface area is 191 Å².